The fraction of sp³-hybridized carbons (Fsp3) is 0.312. The molecule has 2 aromatic heterocycles. The summed E-state index contributed by atoms with van der Waals surface area (Å²) in [6, 6.07) is 7.68. The van der Waals surface area contributed by atoms with Crippen LogP contribution < -0.4 is 10.2 Å². The van der Waals surface area contributed by atoms with Gasteiger partial charge in [-0.2, -0.15) is 0 Å². The molecule has 1 atom stereocenters. The molecule has 8 heteroatoms. The van der Waals surface area contributed by atoms with Crippen molar-refractivity contribution < 1.29 is 19.1 Å². The molecule has 1 aliphatic heterocycles. The van der Waals surface area contributed by atoms with Gasteiger partial charge in [-0.1, -0.05) is 0 Å². The second kappa shape index (κ2) is 7.31. The smallest absolute Gasteiger partial charge is 0.415 e. The van der Waals surface area contributed by atoms with E-state index in [0.29, 0.717) is 13.1 Å². The second-order valence-electron chi connectivity index (χ2n) is 5.12. The first-order valence-electron chi connectivity index (χ1n) is 7.56. The van der Waals surface area contributed by atoms with E-state index in [9.17, 15) is 9.59 Å². The number of hydrogen-bond donors (Lipinski definition) is 1. The van der Waals surface area contributed by atoms with Crippen LogP contribution in [0.1, 0.15) is 6.92 Å². The molecule has 1 N–H and O–H groups in total. The fourth-order valence-corrected chi connectivity index (χ4v) is 3.31. The van der Waals surface area contributed by atoms with Gasteiger partial charge in [0.1, 0.15) is 11.6 Å². The van der Waals surface area contributed by atoms with Crippen molar-refractivity contribution in [1.82, 2.24) is 10.3 Å². The standard InChI is InChI=1S/C16H17N3O4S/c1-2-18-15(20)22-10-12-9-19(16(21)23-12)14-4-3-13(24-14)11-5-7-17-8-6-11/h3-8,12H,2,9-10H2,1H3,(H,18,20). The highest BCUT2D eigenvalue weighted by Crippen LogP contribution is 2.35. The average Bonchev–Trinajstić information content (AvgIpc) is 3.21. The van der Waals surface area contributed by atoms with Gasteiger partial charge in [-0.15, -0.1) is 11.3 Å². The molecule has 0 aliphatic carbocycles. The van der Waals surface area contributed by atoms with Crippen molar-refractivity contribution in [3.8, 4) is 10.4 Å². The zero-order valence-electron chi connectivity index (χ0n) is 13.1. The molecule has 1 fully saturated rings. The third-order valence-electron chi connectivity index (χ3n) is 3.42. The SMILES string of the molecule is CCNC(=O)OCC1CN(c2ccc(-c3ccncc3)s2)C(=O)O1. The minimum absolute atomic E-state index is 0.0384. The van der Waals surface area contributed by atoms with Crippen molar-refractivity contribution in [2.75, 3.05) is 24.6 Å². The molecule has 0 bridgehead atoms. The van der Waals surface area contributed by atoms with Gasteiger partial charge in [-0.05, 0) is 36.8 Å². The molecule has 0 radical (unpaired) electrons. The van der Waals surface area contributed by atoms with Gasteiger partial charge in [0, 0.05) is 23.8 Å². The summed E-state index contributed by atoms with van der Waals surface area (Å²) in [5, 5.41) is 3.33. The fourth-order valence-electron chi connectivity index (χ4n) is 2.30. The largest absolute Gasteiger partial charge is 0.446 e. The van der Waals surface area contributed by atoms with Crippen molar-refractivity contribution in [2.45, 2.75) is 13.0 Å². The number of cyclic esters (lactones) is 1. The number of hydrogen-bond acceptors (Lipinski definition) is 6. The van der Waals surface area contributed by atoms with Crippen LogP contribution in [0.15, 0.2) is 36.7 Å². The van der Waals surface area contributed by atoms with Gasteiger partial charge in [0.05, 0.1) is 6.54 Å². The van der Waals surface area contributed by atoms with Gasteiger partial charge in [0.15, 0.2) is 6.10 Å². The van der Waals surface area contributed by atoms with E-state index >= 15 is 0 Å². The van der Waals surface area contributed by atoms with Crippen molar-refractivity contribution in [1.29, 1.82) is 0 Å². The molecular weight excluding hydrogens is 330 g/mol. The van der Waals surface area contributed by atoms with Crippen LogP contribution in [0.4, 0.5) is 14.6 Å². The highest BCUT2D eigenvalue weighted by Gasteiger charge is 2.34. The molecule has 2 aromatic rings. The van der Waals surface area contributed by atoms with E-state index < -0.39 is 18.3 Å². The second-order valence-corrected chi connectivity index (χ2v) is 6.18. The zero-order valence-corrected chi connectivity index (χ0v) is 13.9. The van der Waals surface area contributed by atoms with Crippen LogP contribution in [0.5, 0.6) is 0 Å². The molecule has 1 saturated heterocycles. The van der Waals surface area contributed by atoms with Crippen LogP contribution in [0.25, 0.3) is 10.4 Å². The number of carbonyl (C=O) groups is 2. The van der Waals surface area contributed by atoms with E-state index in [2.05, 4.69) is 10.3 Å². The maximum Gasteiger partial charge on any atom is 0.415 e. The maximum absolute atomic E-state index is 12.0. The Hall–Kier alpha value is -2.61. The maximum atomic E-state index is 12.0. The zero-order chi connectivity index (χ0) is 16.9. The molecule has 3 heterocycles. The first-order chi connectivity index (χ1) is 11.7. The van der Waals surface area contributed by atoms with E-state index in [1.54, 1.807) is 24.2 Å². The first kappa shape index (κ1) is 16.3. The Bertz CT molecular complexity index is 719. The summed E-state index contributed by atoms with van der Waals surface area (Å²) in [6.45, 7) is 2.68. The lowest BCUT2D eigenvalue weighted by molar-refractivity contribution is 0.0739. The van der Waals surface area contributed by atoms with Crippen LogP contribution in [0, 0.1) is 0 Å². The molecule has 0 aromatic carbocycles. The molecule has 24 heavy (non-hydrogen) atoms. The number of anilines is 1. The van der Waals surface area contributed by atoms with Crippen molar-refractivity contribution >= 4 is 28.5 Å². The first-order valence-corrected chi connectivity index (χ1v) is 8.38. The third kappa shape index (κ3) is 3.65. The molecule has 1 aliphatic rings. The number of amides is 2. The third-order valence-corrected chi connectivity index (χ3v) is 4.58. The quantitative estimate of drug-likeness (QED) is 0.899. The van der Waals surface area contributed by atoms with E-state index in [4.69, 9.17) is 9.47 Å². The van der Waals surface area contributed by atoms with Gasteiger partial charge in [0.25, 0.3) is 0 Å². The van der Waals surface area contributed by atoms with Crippen LogP contribution >= 0.6 is 11.3 Å². The Morgan fingerprint density at radius 1 is 1.42 bits per heavy atom. The normalized spacial score (nSPS) is 16.8. The lowest BCUT2D eigenvalue weighted by atomic mass is 10.2. The Labute approximate surface area is 143 Å². The number of alkyl carbamates (subject to hydrolysis) is 1. The molecule has 0 spiro atoms. The van der Waals surface area contributed by atoms with Crippen LogP contribution in [-0.2, 0) is 9.47 Å². The number of aromatic nitrogens is 1. The number of rotatable bonds is 5. The number of pyridine rings is 1. The van der Waals surface area contributed by atoms with Gasteiger partial charge in [-0.3, -0.25) is 9.88 Å². The Morgan fingerprint density at radius 3 is 2.96 bits per heavy atom. The number of thiophene rings is 1. The topological polar surface area (TPSA) is 80.8 Å². The number of nitrogens with one attached hydrogen (secondary N) is 1. The van der Waals surface area contributed by atoms with E-state index in [-0.39, 0.29) is 6.61 Å². The van der Waals surface area contributed by atoms with Gasteiger partial charge in [0.2, 0.25) is 0 Å². The van der Waals surface area contributed by atoms with E-state index in [1.165, 1.54) is 11.3 Å². The Morgan fingerprint density at radius 2 is 2.21 bits per heavy atom. The summed E-state index contributed by atoms with van der Waals surface area (Å²) >= 11 is 1.50. The minimum atomic E-state index is -0.511. The van der Waals surface area contributed by atoms with E-state index in [0.717, 1.165) is 15.4 Å². The summed E-state index contributed by atoms with van der Waals surface area (Å²) in [5.41, 5.74) is 1.05. The Kier molecular flexibility index (Phi) is 4.95. The molecule has 7 nitrogen and oxygen atoms in total. The number of ether oxygens (including phenoxy) is 2. The summed E-state index contributed by atoms with van der Waals surface area (Å²) in [5.74, 6) is 0. The number of carbonyl (C=O) groups excluding carboxylic acids is 2. The van der Waals surface area contributed by atoms with Crippen molar-refractivity contribution in [3.63, 3.8) is 0 Å². The van der Waals surface area contributed by atoms with Crippen LogP contribution in [-0.4, -0.2) is 43.0 Å². The molecule has 2 amide bonds. The Balaban J connectivity index is 1.62. The predicted molar refractivity (Wildman–Crippen MR) is 90.2 cm³/mol. The summed E-state index contributed by atoms with van der Waals surface area (Å²) < 4.78 is 10.3. The van der Waals surface area contributed by atoms with Gasteiger partial charge < -0.3 is 14.8 Å². The lowest BCUT2D eigenvalue weighted by Crippen LogP contribution is -2.29. The summed E-state index contributed by atoms with van der Waals surface area (Å²) in [6.07, 6.45) is 2.05. The molecule has 3 rings (SSSR count). The highest BCUT2D eigenvalue weighted by molar-refractivity contribution is 7.19. The monoisotopic (exact) mass is 347 g/mol. The van der Waals surface area contributed by atoms with Crippen LogP contribution in [0.3, 0.4) is 0 Å². The lowest BCUT2D eigenvalue weighted by Gasteiger charge is -2.10. The molecule has 1 unspecified atom stereocenters. The molecular formula is C16H17N3O4S. The van der Waals surface area contributed by atoms with Crippen LogP contribution in [0.2, 0.25) is 0 Å². The van der Waals surface area contributed by atoms with Gasteiger partial charge in [-0.25, -0.2) is 9.59 Å². The summed E-state index contributed by atoms with van der Waals surface area (Å²) in [4.78, 5) is 29.9. The van der Waals surface area contributed by atoms with Crippen molar-refractivity contribution in [3.05, 3.63) is 36.7 Å². The summed E-state index contributed by atoms with van der Waals surface area (Å²) in [7, 11) is 0. The van der Waals surface area contributed by atoms with Gasteiger partial charge >= 0.3 is 12.2 Å². The highest BCUT2D eigenvalue weighted by atomic mass is 32.1. The van der Waals surface area contributed by atoms with Crippen molar-refractivity contribution in [2.24, 2.45) is 0 Å². The molecule has 126 valence electrons. The average molecular weight is 347 g/mol. The van der Waals surface area contributed by atoms with E-state index in [1.807, 2.05) is 24.3 Å². The number of nitrogens with zero attached hydrogens (tertiary/aromatic N) is 2. The minimum Gasteiger partial charge on any atom is -0.446 e. The molecule has 0 saturated carbocycles. The predicted octanol–water partition coefficient (Wildman–Crippen LogP) is 2.88.